The fourth-order valence-electron chi connectivity index (χ4n) is 15.7. The molecule has 20 aromatic rings. The Morgan fingerprint density at radius 1 is 0.150 bits per heavy atom. The standard InChI is InChI=1S/C94H60N6/c1-5-23-61(24-6-1)70-52-71(62-25-7-2-8-26-62)54-72(53-70)63-27-21-28-68(51-63)84-60-85(96-94(95-84)100-89-42-20-16-38-79(89)83-50-46-67(59-93(83)100)65-44-48-81-77-36-14-18-40-87(77)98(91(81)57-65)74-32-11-4-12-33-74)69-29-22-34-75(55-69)99-88-41-19-15-37-78(88)82-49-45-66(58-92(82)99)64-43-47-80-76-35-13-17-39-86(76)97(90(80)56-64)73-30-9-3-10-31-73/h1-60H. The van der Waals surface area contributed by atoms with Crippen LogP contribution < -0.4 is 0 Å². The first-order chi connectivity index (χ1) is 49.6. The molecule has 0 spiro atoms. The molecule has 0 unspecified atom stereocenters. The number of rotatable bonds is 11. The maximum absolute atomic E-state index is 5.76. The minimum Gasteiger partial charge on any atom is -0.309 e. The number of hydrogen-bond acceptors (Lipinski definition) is 2. The molecule has 100 heavy (non-hydrogen) atoms. The molecule has 0 aliphatic rings. The molecule has 0 fully saturated rings. The number of fused-ring (bicyclic) bond motifs is 12. The number of benzene rings is 15. The highest BCUT2D eigenvalue weighted by atomic mass is 15.2. The van der Waals surface area contributed by atoms with Gasteiger partial charge >= 0.3 is 0 Å². The smallest absolute Gasteiger partial charge is 0.235 e. The van der Waals surface area contributed by atoms with Crippen molar-refractivity contribution in [1.82, 2.24) is 28.2 Å². The van der Waals surface area contributed by atoms with Crippen LogP contribution in [0.15, 0.2) is 364 Å². The first-order valence-electron chi connectivity index (χ1n) is 34.2. The van der Waals surface area contributed by atoms with E-state index >= 15 is 0 Å². The molecule has 0 N–H and O–H groups in total. The van der Waals surface area contributed by atoms with Crippen molar-refractivity contribution in [1.29, 1.82) is 0 Å². The zero-order valence-corrected chi connectivity index (χ0v) is 54.3. The lowest BCUT2D eigenvalue weighted by Gasteiger charge is -2.15. The summed E-state index contributed by atoms with van der Waals surface area (Å²) >= 11 is 0. The topological polar surface area (TPSA) is 45.5 Å². The fraction of sp³-hybridized carbons (Fsp3) is 0. The van der Waals surface area contributed by atoms with Crippen LogP contribution in [0.2, 0.25) is 0 Å². The van der Waals surface area contributed by atoms with Crippen LogP contribution in [0.4, 0.5) is 0 Å². The van der Waals surface area contributed by atoms with E-state index in [4.69, 9.17) is 9.97 Å². The van der Waals surface area contributed by atoms with Gasteiger partial charge in [0.25, 0.3) is 0 Å². The third-order valence-electron chi connectivity index (χ3n) is 20.3. The van der Waals surface area contributed by atoms with Gasteiger partial charge in [0.05, 0.1) is 55.5 Å². The second kappa shape index (κ2) is 23.2. The predicted octanol–water partition coefficient (Wildman–Crippen LogP) is 24.5. The normalized spacial score (nSPS) is 11.8. The van der Waals surface area contributed by atoms with Gasteiger partial charge in [-0.1, -0.05) is 249 Å². The van der Waals surface area contributed by atoms with Crippen molar-refractivity contribution in [3.8, 4) is 101 Å². The van der Waals surface area contributed by atoms with Crippen molar-refractivity contribution in [3.05, 3.63) is 364 Å². The third kappa shape index (κ3) is 9.41. The van der Waals surface area contributed by atoms with Crippen molar-refractivity contribution in [2.75, 3.05) is 0 Å². The van der Waals surface area contributed by atoms with Crippen molar-refractivity contribution < 1.29 is 0 Å². The summed E-state index contributed by atoms with van der Waals surface area (Å²) in [4.78, 5) is 11.5. The number of aromatic nitrogens is 6. The monoisotopic (exact) mass is 1270 g/mol. The largest absolute Gasteiger partial charge is 0.309 e. The van der Waals surface area contributed by atoms with Crippen LogP contribution in [-0.2, 0) is 0 Å². The van der Waals surface area contributed by atoms with E-state index in [9.17, 15) is 0 Å². The van der Waals surface area contributed by atoms with E-state index in [0.717, 1.165) is 134 Å². The van der Waals surface area contributed by atoms with Crippen LogP contribution in [0, 0.1) is 0 Å². The van der Waals surface area contributed by atoms with Crippen molar-refractivity contribution in [2.24, 2.45) is 0 Å². The van der Waals surface area contributed by atoms with Gasteiger partial charge in [0.15, 0.2) is 0 Å². The fourth-order valence-corrected chi connectivity index (χ4v) is 15.7. The Kier molecular flexibility index (Phi) is 13.2. The zero-order chi connectivity index (χ0) is 65.8. The minimum absolute atomic E-state index is 0.577. The molecular weight excluding hydrogens is 1210 g/mol. The van der Waals surface area contributed by atoms with Crippen LogP contribution in [-0.4, -0.2) is 28.2 Å². The van der Waals surface area contributed by atoms with Crippen molar-refractivity contribution in [2.45, 2.75) is 0 Å². The number of hydrogen-bond donors (Lipinski definition) is 0. The summed E-state index contributed by atoms with van der Waals surface area (Å²) in [6.45, 7) is 0. The summed E-state index contributed by atoms with van der Waals surface area (Å²) in [6, 6.07) is 132. The number of nitrogens with zero attached hydrogens (tertiary/aromatic N) is 6. The van der Waals surface area contributed by atoms with E-state index in [1.807, 2.05) is 0 Å². The van der Waals surface area contributed by atoms with Gasteiger partial charge in [-0.05, 0) is 171 Å². The molecule has 15 aromatic carbocycles. The first-order valence-corrected chi connectivity index (χ1v) is 34.2. The second-order valence-electron chi connectivity index (χ2n) is 26.1. The van der Waals surface area contributed by atoms with Crippen LogP contribution in [0.1, 0.15) is 0 Å². The Morgan fingerprint density at radius 2 is 0.420 bits per heavy atom. The molecule has 466 valence electrons. The molecule has 0 radical (unpaired) electrons. The molecule has 6 heteroatoms. The van der Waals surface area contributed by atoms with Crippen LogP contribution in [0.5, 0.6) is 0 Å². The van der Waals surface area contributed by atoms with Crippen molar-refractivity contribution in [3.63, 3.8) is 0 Å². The number of para-hydroxylation sites is 6. The quantitative estimate of drug-likeness (QED) is 0.130. The summed E-state index contributed by atoms with van der Waals surface area (Å²) in [6.07, 6.45) is 0. The molecule has 0 aliphatic carbocycles. The van der Waals surface area contributed by atoms with Gasteiger partial charge in [-0.25, -0.2) is 9.97 Å². The van der Waals surface area contributed by atoms with E-state index in [1.54, 1.807) is 0 Å². The Hall–Kier alpha value is -13.4. The SMILES string of the molecule is c1ccc(-c2cc(-c3ccccc3)cc(-c3cccc(-c4cc(-c5cccc(-n6c7ccccc7c7ccc(-c8ccc9c%10ccccc%10n(-c%10ccccc%10)c9c8)cc76)c5)nc(-n5c6ccccc6c6ccc(-c7ccc8c9ccccc9n(-c9ccccc9)c8c7)cc65)n4)c3)c2)cc1. The van der Waals surface area contributed by atoms with Gasteiger partial charge in [0.1, 0.15) is 0 Å². The van der Waals surface area contributed by atoms with Crippen LogP contribution >= 0.6 is 0 Å². The highest BCUT2D eigenvalue weighted by molar-refractivity contribution is 6.14. The lowest BCUT2D eigenvalue weighted by atomic mass is 9.92. The van der Waals surface area contributed by atoms with E-state index < -0.39 is 0 Å². The van der Waals surface area contributed by atoms with Crippen LogP contribution in [0.25, 0.3) is 188 Å². The molecule has 0 bridgehead atoms. The molecule has 0 atom stereocenters. The predicted molar refractivity (Wildman–Crippen MR) is 417 cm³/mol. The summed E-state index contributed by atoms with van der Waals surface area (Å²) in [5.41, 5.74) is 27.2. The lowest BCUT2D eigenvalue weighted by Crippen LogP contribution is -2.04. The van der Waals surface area contributed by atoms with E-state index in [0.29, 0.717) is 5.95 Å². The molecule has 20 rings (SSSR count). The highest BCUT2D eigenvalue weighted by Gasteiger charge is 2.22. The average molecular weight is 1270 g/mol. The van der Waals surface area contributed by atoms with Gasteiger partial charge in [-0.3, -0.25) is 4.57 Å². The zero-order valence-electron chi connectivity index (χ0n) is 54.3. The molecule has 0 saturated carbocycles. The first kappa shape index (κ1) is 56.9. The van der Waals surface area contributed by atoms with Crippen LogP contribution in [0.3, 0.4) is 0 Å². The van der Waals surface area contributed by atoms with Gasteiger partial charge < -0.3 is 13.7 Å². The molecular formula is C94H60N6. The van der Waals surface area contributed by atoms with E-state index in [2.05, 4.69) is 382 Å². The Morgan fingerprint density at radius 3 is 0.840 bits per heavy atom. The summed E-state index contributed by atoms with van der Waals surface area (Å²) in [7, 11) is 0. The van der Waals surface area contributed by atoms with Gasteiger partial charge in [0.2, 0.25) is 5.95 Å². The Balaban J connectivity index is 0.774. The average Bonchev–Trinajstić information content (AvgIpc) is 1.59. The van der Waals surface area contributed by atoms with E-state index in [-0.39, 0.29) is 0 Å². The van der Waals surface area contributed by atoms with Gasteiger partial charge in [-0.15, -0.1) is 0 Å². The van der Waals surface area contributed by atoms with Gasteiger partial charge in [-0.2, -0.15) is 0 Å². The highest BCUT2D eigenvalue weighted by Crippen LogP contribution is 2.43. The molecule has 0 saturated heterocycles. The minimum atomic E-state index is 0.577. The second-order valence-corrected chi connectivity index (χ2v) is 26.1. The molecule has 5 heterocycles. The Bertz CT molecular complexity index is 6570. The summed E-state index contributed by atoms with van der Waals surface area (Å²) in [5.74, 6) is 0.577. The maximum Gasteiger partial charge on any atom is 0.235 e. The molecule has 5 aromatic heterocycles. The van der Waals surface area contributed by atoms with Gasteiger partial charge in [0, 0.05) is 71.3 Å². The summed E-state index contributed by atoms with van der Waals surface area (Å²) < 4.78 is 9.51. The van der Waals surface area contributed by atoms with Crippen molar-refractivity contribution >= 4 is 87.2 Å². The Labute approximate surface area is 577 Å². The summed E-state index contributed by atoms with van der Waals surface area (Å²) in [5, 5.41) is 9.52. The lowest BCUT2D eigenvalue weighted by molar-refractivity contribution is 0.995. The molecule has 6 nitrogen and oxygen atoms in total. The molecule has 0 aliphatic heterocycles. The maximum atomic E-state index is 5.76. The third-order valence-corrected chi connectivity index (χ3v) is 20.3. The molecule has 0 amide bonds. The van der Waals surface area contributed by atoms with E-state index in [1.165, 1.54) is 48.9 Å².